The van der Waals surface area contributed by atoms with Crippen molar-refractivity contribution in [1.82, 2.24) is 14.9 Å². The van der Waals surface area contributed by atoms with E-state index in [-0.39, 0.29) is 11.3 Å². The minimum atomic E-state index is -2.99. The van der Waals surface area contributed by atoms with Gasteiger partial charge in [0.2, 0.25) is 0 Å². The lowest BCUT2D eigenvalue weighted by molar-refractivity contribution is 0.00694. The van der Waals surface area contributed by atoms with E-state index in [1.165, 1.54) is 11.8 Å². The first-order valence-corrected chi connectivity index (χ1v) is 18.3. The highest BCUT2D eigenvalue weighted by Gasteiger charge is 2.33. The minimum absolute atomic E-state index is 0.180. The number of H-pyrrole nitrogens is 1. The number of sulfone groups is 1. The molecule has 2 aromatic heterocycles. The summed E-state index contributed by atoms with van der Waals surface area (Å²) in [7, 11) is -1.24. The van der Waals surface area contributed by atoms with Crippen LogP contribution in [-0.4, -0.2) is 72.5 Å². The Morgan fingerprint density at radius 3 is 2.33 bits per heavy atom. The monoisotopic (exact) mass is 755 g/mol. The number of piperidine rings is 1. The predicted molar refractivity (Wildman–Crippen MR) is 189 cm³/mol. The molecule has 0 saturated carbocycles. The lowest BCUT2D eigenvalue weighted by Crippen LogP contribution is -2.45. The molecule has 2 aromatic carbocycles. The molecule has 0 bridgehead atoms. The van der Waals surface area contributed by atoms with E-state index < -0.39 is 21.4 Å². The number of rotatable bonds is 6. The zero-order chi connectivity index (χ0) is 33.0. The molecule has 242 valence electrons. The van der Waals surface area contributed by atoms with Crippen molar-refractivity contribution in [3.63, 3.8) is 0 Å². The number of hydrogen-bond donors (Lipinski definition) is 1. The van der Waals surface area contributed by atoms with Gasteiger partial charge < -0.3 is 9.72 Å². The highest BCUT2D eigenvalue weighted by molar-refractivity contribution is 14.1. The number of benzene rings is 2. The number of esters is 1. The second-order valence-corrected chi connectivity index (χ2v) is 16.5. The fraction of sp³-hybridized carbons (Fsp3) is 0.382. The van der Waals surface area contributed by atoms with Gasteiger partial charge in [0.15, 0.2) is 0 Å². The smallest absolute Gasteiger partial charge is 0.338 e. The summed E-state index contributed by atoms with van der Waals surface area (Å²) in [5.41, 5.74) is 6.19. The summed E-state index contributed by atoms with van der Waals surface area (Å²) in [6, 6.07) is 15.2. The van der Waals surface area contributed by atoms with Crippen LogP contribution >= 0.6 is 22.6 Å². The second kappa shape index (κ2) is 12.3. The number of halogens is 1. The molecule has 12 heteroatoms. The van der Waals surface area contributed by atoms with E-state index in [1.54, 1.807) is 47.3 Å². The first-order valence-electron chi connectivity index (χ1n) is 15.3. The van der Waals surface area contributed by atoms with Crippen molar-refractivity contribution < 1.29 is 22.7 Å². The topological polar surface area (TPSA) is 116 Å². The molecule has 4 heterocycles. The lowest BCUT2D eigenvalue weighted by atomic mass is 10.0. The number of nitrogens with one attached hydrogen (secondary N) is 1. The minimum Gasteiger partial charge on any atom is -0.456 e. The number of likely N-dealkylation sites (tertiary alicyclic amines) is 1. The third-order valence-electron chi connectivity index (χ3n) is 8.64. The Bertz CT molecular complexity index is 1910. The first kappa shape index (κ1) is 32.5. The molecule has 1 fully saturated rings. The van der Waals surface area contributed by atoms with Gasteiger partial charge in [0, 0.05) is 40.1 Å². The summed E-state index contributed by atoms with van der Waals surface area (Å²) in [4.78, 5) is 39.8. The summed E-state index contributed by atoms with van der Waals surface area (Å²) in [6.45, 7) is 8.17. The first-order chi connectivity index (χ1) is 21.7. The maximum absolute atomic E-state index is 13.5. The van der Waals surface area contributed by atoms with Crippen LogP contribution in [0, 0.1) is 3.57 Å². The number of anilines is 2. The Kier molecular flexibility index (Phi) is 8.66. The van der Waals surface area contributed by atoms with Crippen LogP contribution in [-0.2, 0) is 27.7 Å². The van der Waals surface area contributed by atoms with Gasteiger partial charge in [-0.3, -0.25) is 14.7 Å². The number of fused-ring (bicyclic) bond motifs is 3. The molecule has 2 aliphatic heterocycles. The van der Waals surface area contributed by atoms with Crippen LogP contribution in [0.4, 0.5) is 16.2 Å². The van der Waals surface area contributed by atoms with Crippen LogP contribution in [0.3, 0.4) is 0 Å². The molecule has 1 saturated heterocycles. The molecular formula is C34H38IN5O5S. The Morgan fingerprint density at radius 1 is 1.07 bits per heavy atom. The highest BCUT2D eigenvalue weighted by atomic mass is 127. The van der Waals surface area contributed by atoms with Crippen molar-refractivity contribution >= 4 is 66.8 Å². The van der Waals surface area contributed by atoms with Crippen LogP contribution in [0.15, 0.2) is 54.7 Å². The summed E-state index contributed by atoms with van der Waals surface area (Å²) >= 11 is 2.36. The molecule has 6 rings (SSSR count). The number of nitrogens with zero attached hydrogens (tertiary/aromatic N) is 4. The van der Waals surface area contributed by atoms with Crippen molar-refractivity contribution in [3.8, 4) is 11.3 Å². The molecule has 2 amide bonds. The van der Waals surface area contributed by atoms with Gasteiger partial charge >= 0.3 is 12.0 Å². The SMILES string of the molecule is CN1C(=O)N(c2ccc(C(=O)OC(C)(C)C)cc2)Cc2c1cnc1[nH]c(-c3ccc(CN4CCC(S(C)(=O)=O)CC4)cc3)c(I)c21. The summed E-state index contributed by atoms with van der Waals surface area (Å²) in [5.74, 6) is -0.407. The zero-order valence-electron chi connectivity index (χ0n) is 26.6. The summed E-state index contributed by atoms with van der Waals surface area (Å²) in [5, 5.41) is 0.741. The molecule has 1 N–H and O–H groups in total. The van der Waals surface area contributed by atoms with Crippen LogP contribution in [0.2, 0.25) is 0 Å². The Hall–Kier alpha value is -3.49. The van der Waals surface area contributed by atoms with E-state index >= 15 is 0 Å². The largest absolute Gasteiger partial charge is 0.456 e. The van der Waals surface area contributed by atoms with Crippen LogP contribution in [0.5, 0.6) is 0 Å². The summed E-state index contributed by atoms with van der Waals surface area (Å²) < 4.78 is 30.3. The van der Waals surface area contributed by atoms with Gasteiger partial charge in [0.05, 0.1) is 34.9 Å². The van der Waals surface area contributed by atoms with E-state index in [2.05, 4.69) is 61.7 Å². The molecule has 2 aliphatic rings. The van der Waals surface area contributed by atoms with E-state index in [4.69, 9.17) is 4.74 Å². The molecule has 10 nitrogen and oxygen atoms in total. The molecule has 46 heavy (non-hydrogen) atoms. The number of amides is 2. The van der Waals surface area contributed by atoms with Gasteiger partial charge in [-0.15, -0.1) is 0 Å². The molecule has 0 radical (unpaired) electrons. The van der Waals surface area contributed by atoms with E-state index in [0.717, 1.165) is 56.7 Å². The van der Waals surface area contributed by atoms with Crippen LogP contribution in [0.1, 0.15) is 55.1 Å². The number of carbonyl (C=O) groups excluding carboxylic acids is 2. The number of pyridine rings is 1. The fourth-order valence-corrected chi connectivity index (χ4v) is 8.27. The Balaban J connectivity index is 1.23. The van der Waals surface area contributed by atoms with E-state index in [9.17, 15) is 18.0 Å². The van der Waals surface area contributed by atoms with Gasteiger partial charge in [0.1, 0.15) is 21.1 Å². The van der Waals surface area contributed by atoms with Gasteiger partial charge in [-0.05, 0) is 105 Å². The maximum Gasteiger partial charge on any atom is 0.338 e. The average molecular weight is 756 g/mol. The highest BCUT2D eigenvalue weighted by Crippen LogP contribution is 2.40. The van der Waals surface area contributed by atoms with Crippen molar-refractivity contribution in [2.75, 3.05) is 36.2 Å². The van der Waals surface area contributed by atoms with Crippen LogP contribution < -0.4 is 9.80 Å². The molecule has 4 aromatic rings. The van der Waals surface area contributed by atoms with E-state index in [1.807, 2.05) is 20.8 Å². The van der Waals surface area contributed by atoms with Crippen molar-refractivity contribution in [2.24, 2.45) is 0 Å². The third kappa shape index (κ3) is 6.52. The molecule has 0 spiro atoms. The lowest BCUT2D eigenvalue weighted by Gasteiger charge is -2.35. The van der Waals surface area contributed by atoms with Crippen molar-refractivity contribution in [2.45, 2.75) is 57.6 Å². The quantitative estimate of drug-likeness (QED) is 0.180. The normalized spacial score (nSPS) is 16.6. The molecule has 0 aliphatic carbocycles. The number of aromatic amines is 1. The Labute approximate surface area is 283 Å². The number of carbonyl (C=O) groups is 2. The number of hydrogen-bond acceptors (Lipinski definition) is 7. The molecular weight excluding hydrogens is 717 g/mol. The van der Waals surface area contributed by atoms with Gasteiger partial charge in [0.25, 0.3) is 0 Å². The number of aromatic nitrogens is 2. The third-order valence-corrected chi connectivity index (χ3v) is 11.4. The number of ether oxygens (including phenoxy) is 1. The maximum atomic E-state index is 13.5. The predicted octanol–water partition coefficient (Wildman–Crippen LogP) is 6.38. The molecule has 0 unspecified atom stereocenters. The summed E-state index contributed by atoms with van der Waals surface area (Å²) in [6.07, 6.45) is 4.43. The van der Waals surface area contributed by atoms with Gasteiger partial charge in [-0.1, -0.05) is 24.3 Å². The molecule has 0 atom stereocenters. The fourth-order valence-electron chi connectivity index (χ4n) is 6.17. The van der Waals surface area contributed by atoms with Crippen molar-refractivity contribution in [1.29, 1.82) is 0 Å². The van der Waals surface area contributed by atoms with Gasteiger partial charge in [-0.2, -0.15) is 0 Å². The zero-order valence-corrected chi connectivity index (χ0v) is 29.6. The average Bonchev–Trinajstić information content (AvgIpc) is 3.35. The Morgan fingerprint density at radius 2 is 1.72 bits per heavy atom. The van der Waals surface area contributed by atoms with E-state index in [0.29, 0.717) is 30.6 Å². The standard InChI is InChI=1S/C34H38IN5O5S/c1-34(2,3)45-32(41)23-10-12-24(13-11-23)40-20-26-27(38(4)33(40)42)18-36-31-28(26)29(35)30(37-31)22-8-6-21(7-9-22)19-39-16-14-25(15-17-39)46(5,43)44/h6-13,18,25H,14-17,19-20H2,1-5H3,(H,36,37). The second-order valence-electron chi connectivity index (χ2n) is 13.1. The van der Waals surface area contributed by atoms with Crippen LogP contribution in [0.25, 0.3) is 22.3 Å². The van der Waals surface area contributed by atoms with Gasteiger partial charge in [-0.25, -0.2) is 23.0 Å². The van der Waals surface area contributed by atoms with Crippen molar-refractivity contribution in [3.05, 3.63) is 75.0 Å². The number of urea groups is 1.